The number of hydrogen-bond acceptors (Lipinski definition) is 3. The van der Waals surface area contributed by atoms with Crippen molar-refractivity contribution in [3.05, 3.63) is 0 Å². The van der Waals surface area contributed by atoms with Crippen LogP contribution in [0, 0.1) is 5.92 Å². The molecule has 22 heavy (non-hydrogen) atoms. The molecule has 2 saturated heterocycles. The Morgan fingerprint density at radius 3 is 2.68 bits per heavy atom. The minimum Gasteiger partial charge on any atom is -0.383 e. The van der Waals surface area contributed by atoms with E-state index in [9.17, 15) is 4.79 Å². The Hall–Kier alpha value is -0.610. The molecule has 0 spiro atoms. The number of nitrogens with zero attached hydrogens (tertiary/aromatic N) is 2. The molecule has 0 radical (unpaired) electrons. The second-order valence-corrected chi connectivity index (χ2v) is 7.38. The van der Waals surface area contributed by atoms with Crippen LogP contribution < -0.4 is 0 Å². The normalized spacial score (nSPS) is 31.9. The van der Waals surface area contributed by atoms with Gasteiger partial charge in [-0.15, -0.1) is 0 Å². The second kappa shape index (κ2) is 7.78. The quantitative estimate of drug-likeness (QED) is 0.800. The Kier molecular flexibility index (Phi) is 5.75. The van der Waals surface area contributed by atoms with Gasteiger partial charge >= 0.3 is 0 Å². The maximum absolute atomic E-state index is 12.4. The fraction of sp³-hybridized carbons (Fsp3) is 0.944. The fourth-order valence-electron chi connectivity index (χ4n) is 4.84. The van der Waals surface area contributed by atoms with Gasteiger partial charge in [-0.1, -0.05) is 19.3 Å². The second-order valence-electron chi connectivity index (χ2n) is 7.38. The molecule has 3 aliphatic rings. The number of methoxy groups -OCH3 is 1. The smallest absolute Gasteiger partial charge is 0.222 e. The van der Waals surface area contributed by atoms with Crippen LogP contribution in [-0.2, 0) is 9.53 Å². The van der Waals surface area contributed by atoms with Gasteiger partial charge < -0.3 is 9.64 Å². The molecule has 2 aliphatic heterocycles. The number of rotatable bonds is 4. The Morgan fingerprint density at radius 1 is 1.09 bits per heavy atom. The van der Waals surface area contributed by atoms with E-state index in [1.165, 1.54) is 51.6 Å². The third-order valence-corrected chi connectivity index (χ3v) is 6.04. The van der Waals surface area contributed by atoms with Gasteiger partial charge in [0.25, 0.3) is 0 Å². The molecule has 3 rings (SSSR count). The van der Waals surface area contributed by atoms with Gasteiger partial charge in [0.15, 0.2) is 0 Å². The van der Waals surface area contributed by atoms with Gasteiger partial charge in [0.05, 0.1) is 6.61 Å². The van der Waals surface area contributed by atoms with Crippen LogP contribution >= 0.6 is 0 Å². The third-order valence-electron chi connectivity index (χ3n) is 6.04. The van der Waals surface area contributed by atoms with Crippen LogP contribution in [0.3, 0.4) is 0 Å². The average molecular weight is 308 g/mol. The lowest BCUT2D eigenvalue weighted by Crippen LogP contribution is -2.54. The van der Waals surface area contributed by atoms with E-state index in [-0.39, 0.29) is 0 Å². The molecule has 2 heterocycles. The Labute approximate surface area is 135 Å². The summed E-state index contributed by atoms with van der Waals surface area (Å²) in [4.78, 5) is 17.3. The van der Waals surface area contributed by atoms with Crippen molar-refractivity contribution in [2.45, 2.75) is 69.9 Å². The van der Waals surface area contributed by atoms with E-state index in [1.54, 1.807) is 7.11 Å². The van der Waals surface area contributed by atoms with Gasteiger partial charge in [0, 0.05) is 45.2 Å². The van der Waals surface area contributed by atoms with Crippen LogP contribution in [0.25, 0.3) is 0 Å². The lowest BCUT2D eigenvalue weighted by atomic mass is 9.85. The SMILES string of the molecule is COCCN1C(=O)CCC[C@H]2CN(C3CCCCC3)CC[C@H]21. The summed E-state index contributed by atoms with van der Waals surface area (Å²) in [6, 6.07) is 1.28. The molecule has 1 aliphatic carbocycles. The van der Waals surface area contributed by atoms with Crippen LogP contribution in [0.1, 0.15) is 57.8 Å². The highest BCUT2D eigenvalue weighted by atomic mass is 16.5. The molecular weight excluding hydrogens is 276 g/mol. The van der Waals surface area contributed by atoms with E-state index in [1.807, 2.05) is 0 Å². The highest BCUT2D eigenvalue weighted by molar-refractivity contribution is 5.76. The molecule has 4 nitrogen and oxygen atoms in total. The van der Waals surface area contributed by atoms with Crippen LogP contribution in [-0.4, -0.2) is 61.1 Å². The number of amides is 1. The lowest BCUT2D eigenvalue weighted by Gasteiger charge is -2.46. The number of carbonyl (C=O) groups excluding carboxylic acids is 1. The van der Waals surface area contributed by atoms with Crippen molar-refractivity contribution >= 4 is 5.91 Å². The summed E-state index contributed by atoms with van der Waals surface area (Å²) in [5.74, 6) is 1.04. The Morgan fingerprint density at radius 2 is 1.91 bits per heavy atom. The average Bonchev–Trinajstić information content (AvgIpc) is 2.71. The van der Waals surface area contributed by atoms with Gasteiger partial charge in [-0.05, 0) is 38.0 Å². The lowest BCUT2D eigenvalue weighted by molar-refractivity contribution is -0.135. The number of fused-ring (bicyclic) bond motifs is 1. The summed E-state index contributed by atoms with van der Waals surface area (Å²) in [5, 5.41) is 0. The van der Waals surface area contributed by atoms with Crippen molar-refractivity contribution in [3.63, 3.8) is 0 Å². The summed E-state index contributed by atoms with van der Waals surface area (Å²) >= 11 is 0. The number of carbonyl (C=O) groups is 1. The third kappa shape index (κ3) is 3.65. The molecule has 3 fully saturated rings. The maximum atomic E-state index is 12.4. The topological polar surface area (TPSA) is 32.8 Å². The van der Waals surface area contributed by atoms with Gasteiger partial charge in [-0.25, -0.2) is 0 Å². The van der Waals surface area contributed by atoms with Gasteiger partial charge in [-0.2, -0.15) is 0 Å². The molecule has 4 heteroatoms. The minimum absolute atomic E-state index is 0.357. The molecular formula is C18H32N2O2. The number of piperidine rings is 1. The molecule has 1 saturated carbocycles. The van der Waals surface area contributed by atoms with Gasteiger partial charge in [-0.3, -0.25) is 9.69 Å². The van der Waals surface area contributed by atoms with Crippen LogP contribution in [0.5, 0.6) is 0 Å². The summed E-state index contributed by atoms with van der Waals surface area (Å²) in [7, 11) is 1.73. The minimum atomic E-state index is 0.357. The van der Waals surface area contributed by atoms with E-state index < -0.39 is 0 Å². The van der Waals surface area contributed by atoms with Crippen molar-refractivity contribution in [3.8, 4) is 0 Å². The predicted molar refractivity (Wildman–Crippen MR) is 87.8 cm³/mol. The van der Waals surface area contributed by atoms with Crippen LogP contribution in [0.4, 0.5) is 0 Å². The van der Waals surface area contributed by atoms with E-state index in [2.05, 4.69) is 9.80 Å². The monoisotopic (exact) mass is 308 g/mol. The molecule has 2 atom stereocenters. The first kappa shape index (κ1) is 16.3. The van der Waals surface area contributed by atoms with Crippen molar-refractivity contribution in [1.29, 1.82) is 0 Å². The molecule has 0 unspecified atom stereocenters. The number of hydrogen-bond donors (Lipinski definition) is 0. The standard InChI is InChI=1S/C18H32N2O2/c1-22-13-12-20-17-10-11-19(16-7-3-2-4-8-16)14-15(17)6-5-9-18(20)21/h15-17H,2-14H2,1H3/t15-,17+/m0/s1. The Balaban J connectivity index is 1.64. The van der Waals surface area contributed by atoms with E-state index in [0.717, 1.165) is 31.8 Å². The molecule has 0 aromatic heterocycles. The first-order valence-corrected chi connectivity index (χ1v) is 9.32. The van der Waals surface area contributed by atoms with Crippen molar-refractivity contribution in [2.75, 3.05) is 33.4 Å². The number of ether oxygens (including phenoxy) is 1. The zero-order valence-corrected chi connectivity index (χ0v) is 14.1. The summed E-state index contributed by atoms with van der Waals surface area (Å²) in [6.45, 7) is 3.84. The first-order chi connectivity index (χ1) is 10.8. The predicted octanol–water partition coefficient (Wildman–Crippen LogP) is 2.67. The number of likely N-dealkylation sites (tertiary alicyclic amines) is 2. The largest absolute Gasteiger partial charge is 0.383 e. The van der Waals surface area contributed by atoms with Crippen molar-refractivity contribution in [1.82, 2.24) is 9.80 Å². The highest BCUT2D eigenvalue weighted by Crippen LogP contribution is 2.33. The molecule has 0 bridgehead atoms. The van der Waals surface area contributed by atoms with Gasteiger partial charge in [0.1, 0.15) is 0 Å². The van der Waals surface area contributed by atoms with E-state index in [0.29, 0.717) is 24.5 Å². The van der Waals surface area contributed by atoms with Crippen LogP contribution in [0.15, 0.2) is 0 Å². The summed E-state index contributed by atoms with van der Waals surface area (Å²) in [6.07, 6.45) is 11.2. The first-order valence-electron chi connectivity index (χ1n) is 9.32. The maximum Gasteiger partial charge on any atom is 0.222 e. The molecule has 126 valence electrons. The molecule has 0 aromatic carbocycles. The molecule has 1 amide bonds. The zero-order valence-electron chi connectivity index (χ0n) is 14.1. The summed E-state index contributed by atoms with van der Waals surface area (Å²) < 4.78 is 5.23. The van der Waals surface area contributed by atoms with E-state index >= 15 is 0 Å². The molecule has 0 aromatic rings. The van der Waals surface area contributed by atoms with Crippen molar-refractivity contribution in [2.24, 2.45) is 5.92 Å². The Bertz CT molecular complexity index is 368. The highest BCUT2D eigenvalue weighted by Gasteiger charge is 2.38. The van der Waals surface area contributed by atoms with Gasteiger partial charge in [0.2, 0.25) is 5.91 Å². The fourth-order valence-corrected chi connectivity index (χ4v) is 4.84. The molecule has 0 N–H and O–H groups in total. The van der Waals surface area contributed by atoms with E-state index in [4.69, 9.17) is 4.74 Å². The van der Waals surface area contributed by atoms with Crippen LogP contribution in [0.2, 0.25) is 0 Å². The zero-order chi connectivity index (χ0) is 15.4. The summed E-state index contributed by atoms with van der Waals surface area (Å²) in [5.41, 5.74) is 0. The van der Waals surface area contributed by atoms with Crippen molar-refractivity contribution < 1.29 is 9.53 Å².